The largest absolute Gasteiger partial charge is 0.488 e. The van der Waals surface area contributed by atoms with Crippen LogP contribution in [-0.4, -0.2) is 55.4 Å². The van der Waals surface area contributed by atoms with Crippen molar-refractivity contribution < 1.29 is 41.4 Å². The summed E-state index contributed by atoms with van der Waals surface area (Å²) < 4.78 is 68.2. The van der Waals surface area contributed by atoms with Gasteiger partial charge in [0.25, 0.3) is 0 Å². The summed E-state index contributed by atoms with van der Waals surface area (Å²) in [6, 6.07) is 16.9. The number of halogens is 4. The molecule has 0 bridgehead atoms. The maximum absolute atomic E-state index is 14.0. The fourth-order valence-corrected chi connectivity index (χ4v) is 6.09. The Morgan fingerprint density at radius 2 is 1.64 bits per heavy atom. The number of alkyl halides is 3. The normalized spacial score (nSPS) is 12.8. The van der Waals surface area contributed by atoms with Crippen LogP contribution >= 0.6 is 0 Å². The predicted molar refractivity (Wildman–Crippen MR) is 186 cm³/mol. The highest BCUT2D eigenvalue weighted by Gasteiger charge is 2.29. The molecule has 2 N–H and O–H groups in total. The Labute approximate surface area is 293 Å². The summed E-state index contributed by atoms with van der Waals surface area (Å²) in [5.41, 5.74) is 10.3. The van der Waals surface area contributed by atoms with Gasteiger partial charge < -0.3 is 19.9 Å². The van der Waals surface area contributed by atoms with Gasteiger partial charge in [-0.15, -0.1) is 0 Å². The molecule has 0 radical (unpaired) electrons. The minimum Gasteiger partial charge on any atom is -0.488 e. The number of amides is 1. The van der Waals surface area contributed by atoms with Crippen LogP contribution in [0.2, 0.25) is 0 Å². The quantitative estimate of drug-likeness (QED) is 0.0682. The summed E-state index contributed by atoms with van der Waals surface area (Å²) in [7, 11) is 0. The number of nitrogens with zero attached hydrogens (tertiary/aromatic N) is 1. The topological polar surface area (TPSA) is 91.1 Å². The van der Waals surface area contributed by atoms with E-state index < -0.39 is 24.5 Å². The van der Waals surface area contributed by atoms with Gasteiger partial charge in [-0.3, -0.25) is 14.5 Å². The lowest BCUT2D eigenvalue weighted by Crippen LogP contribution is -2.37. The second-order valence-corrected chi connectivity index (χ2v) is 12.8. The van der Waals surface area contributed by atoms with Crippen molar-refractivity contribution in [3.05, 3.63) is 94.3 Å². The van der Waals surface area contributed by atoms with E-state index >= 15 is 0 Å². The Hall–Kier alpha value is -4.12. The summed E-state index contributed by atoms with van der Waals surface area (Å²) in [5.74, 6) is -1.18. The molecule has 0 aliphatic carbocycles. The van der Waals surface area contributed by atoms with E-state index in [9.17, 15) is 27.2 Å². The Kier molecular flexibility index (Phi) is 16.1. The number of hydrogen-bond donors (Lipinski definition) is 1. The van der Waals surface area contributed by atoms with Crippen LogP contribution in [0, 0.1) is 18.7 Å². The van der Waals surface area contributed by atoms with Crippen molar-refractivity contribution in [2.24, 2.45) is 11.7 Å². The highest BCUT2D eigenvalue weighted by Crippen LogP contribution is 2.30. The fourth-order valence-electron chi connectivity index (χ4n) is 6.09. The van der Waals surface area contributed by atoms with E-state index in [1.165, 1.54) is 6.92 Å². The number of hydrogen-bond acceptors (Lipinski definition) is 6. The molecule has 3 rings (SSSR count). The summed E-state index contributed by atoms with van der Waals surface area (Å²) in [5, 5.41) is 0. The lowest BCUT2D eigenvalue weighted by Gasteiger charge is -2.30. The molecule has 0 saturated carbocycles. The van der Waals surface area contributed by atoms with Crippen LogP contribution in [0.4, 0.5) is 17.6 Å². The van der Waals surface area contributed by atoms with Crippen LogP contribution < -0.4 is 15.2 Å². The minimum absolute atomic E-state index is 0.0507. The molecule has 50 heavy (non-hydrogen) atoms. The molecule has 0 aliphatic rings. The van der Waals surface area contributed by atoms with E-state index in [0.717, 1.165) is 79.0 Å². The standard InChI is InChI=1S/C39H50F4N2O5/c1-5-30(14-10-19-48-29(4)46)13-9-15-33-22-32(23-35(28(33)3)38(44)47)21-27(2)45(25-31-11-7-6-8-12-31)18-20-49-37-24-34(40)16-17-36(37)50-26-39(41,42)43/h6-8,11-12,16-17,22-24,27,30H,5,9-10,13-15,18-21,25-26H2,1-4H3,(H2,44,47). The molecule has 3 aromatic rings. The van der Waals surface area contributed by atoms with Crippen molar-refractivity contribution in [1.29, 1.82) is 0 Å². The molecule has 1 amide bonds. The zero-order valence-electron chi connectivity index (χ0n) is 29.5. The van der Waals surface area contributed by atoms with Gasteiger partial charge in [0.2, 0.25) is 5.91 Å². The zero-order valence-corrected chi connectivity index (χ0v) is 29.5. The smallest absolute Gasteiger partial charge is 0.422 e. The van der Waals surface area contributed by atoms with Gasteiger partial charge in [0, 0.05) is 37.7 Å². The first-order chi connectivity index (χ1) is 23.8. The lowest BCUT2D eigenvalue weighted by atomic mass is 9.89. The van der Waals surface area contributed by atoms with E-state index in [1.54, 1.807) is 0 Å². The van der Waals surface area contributed by atoms with Crippen molar-refractivity contribution in [3.8, 4) is 11.5 Å². The molecule has 2 unspecified atom stereocenters. The second-order valence-electron chi connectivity index (χ2n) is 12.8. The summed E-state index contributed by atoms with van der Waals surface area (Å²) in [6.07, 6.45) is 1.63. The molecule has 0 aromatic heterocycles. The maximum atomic E-state index is 14.0. The van der Waals surface area contributed by atoms with Crippen LogP contribution in [-0.2, 0) is 28.9 Å². The molecule has 0 spiro atoms. The molecule has 274 valence electrons. The first kappa shape index (κ1) is 40.3. The van der Waals surface area contributed by atoms with Gasteiger partial charge >= 0.3 is 12.1 Å². The number of benzene rings is 3. The molecule has 0 saturated heterocycles. The third-order valence-corrected chi connectivity index (χ3v) is 8.85. The second kappa shape index (κ2) is 19.9. The highest BCUT2D eigenvalue weighted by molar-refractivity contribution is 5.94. The van der Waals surface area contributed by atoms with Crippen LogP contribution in [0.1, 0.15) is 85.5 Å². The van der Waals surface area contributed by atoms with Gasteiger partial charge in [0.05, 0.1) is 6.61 Å². The average Bonchev–Trinajstić information content (AvgIpc) is 3.06. The van der Waals surface area contributed by atoms with Gasteiger partial charge in [-0.1, -0.05) is 56.2 Å². The van der Waals surface area contributed by atoms with Gasteiger partial charge in [-0.25, -0.2) is 4.39 Å². The summed E-state index contributed by atoms with van der Waals surface area (Å²) >= 11 is 0. The van der Waals surface area contributed by atoms with E-state index in [1.807, 2.05) is 43.3 Å². The van der Waals surface area contributed by atoms with Gasteiger partial charge in [-0.05, 0) is 92.3 Å². The SMILES string of the molecule is CCC(CCCOC(C)=O)CCCc1cc(CC(C)N(CCOc2cc(F)ccc2OCC(F)(F)F)Cc2ccccc2)cc(C(N)=O)c1C. The van der Waals surface area contributed by atoms with Crippen molar-refractivity contribution in [1.82, 2.24) is 4.90 Å². The molecular weight excluding hydrogens is 652 g/mol. The molecule has 0 fully saturated rings. The Balaban J connectivity index is 1.73. The van der Waals surface area contributed by atoms with Crippen molar-refractivity contribution >= 4 is 11.9 Å². The molecule has 11 heteroatoms. The molecular formula is C39H50F4N2O5. The maximum Gasteiger partial charge on any atom is 0.422 e. The number of carbonyl (C=O) groups excluding carboxylic acids is 2. The fraction of sp³-hybridized carbons (Fsp3) is 0.487. The van der Waals surface area contributed by atoms with E-state index in [4.69, 9.17) is 19.9 Å². The molecule has 7 nitrogen and oxygen atoms in total. The number of ether oxygens (including phenoxy) is 3. The molecule has 3 aromatic carbocycles. The van der Waals surface area contributed by atoms with Crippen LogP contribution in [0.25, 0.3) is 0 Å². The first-order valence-electron chi connectivity index (χ1n) is 17.2. The monoisotopic (exact) mass is 702 g/mol. The Morgan fingerprint density at radius 3 is 2.30 bits per heavy atom. The number of nitrogens with two attached hydrogens (primary N) is 1. The number of aryl methyl sites for hydroxylation is 1. The predicted octanol–water partition coefficient (Wildman–Crippen LogP) is 8.38. The molecule has 2 atom stereocenters. The van der Waals surface area contributed by atoms with Gasteiger partial charge in [0.15, 0.2) is 18.1 Å². The Bertz CT molecular complexity index is 1520. The highest BCUT2D eigenvalue weighted by atomic mass is 19.4. The van der Waals surface area contributed by atoms with E-state index in [2.05, 4.69) is 24.8 Å². The van der Waals surface area contributed by atoms with Gasteiger partial charge in [0.1, 0.15) is 12.4 Å². The lowest BCUT2D eigenvalue weighted by molar-refractivity contribution is -0.153. The van der Waals surface area contributed by atoms with Crippen molar-refractivity contribution in [3.63, 3.8) is 0 Å². The van der Waals surface area contributed by atoms with Crippen LogP contribution in [0.15, 0.2) is 60.7 Å². The zero-order chi connectivity index (χ0) is 36.7. The van der Waals surface area contributed by atoms with Crippen molar-refractivity contribution in [2.75, 3.05) is 26.4 Å². The number of carbonyl (C=O) groups is 2. The summed E-state index contributed by atoms with van der Waals surface area (Å²) in [4.78, 5) is 25.7. The number of primary amides is 1. The molecule has 0 aliphatic heterocycles. The third-order valence-electron chi connectivity index (χ3n) is 8.85. The third kappa shape index (κ3) is 14.0. The first-order valence-corrected chi connectivity index (χ1v) is 17.2. The van der Waals surface area contributed by atoms with Crippen LogP contribution in [0.5, 0.6) is 11.5 Å². The van der Waals surface area contributed by atoms with Crippen molar-refractivity contribution in [2.45, 2.75) is 91.4 Å². The average molecular weight is 703 g/mol. The molecule has 0 heterocycles. The van der Waals surface area contributed by atoms with Crippen LogP contribution in [0.3, 0.4) is 0 Å². The number of rotatable bonds is 21. The van der Waals surface area contributed by atoms with E-state index in [0.29, 0.717) is 37.6 Å². The van der Waals surface area contributed by atoms with E-state index in [-0.39, 0.29) is 30.1 Å². The summed E-state index contributed by atoms with van der Waals surface area (Å²) in [6.45, 7) is 7.49. The van der Waals surface area contributed by atoms with Gasteiger partial charge in [-0.2, -0.15) is 13.2 Å². The Morgan fingerprint density at radius 1 is 0.920 bits per heavy atom. The minimum atomic E-state index is -4.55. The number of esters is 1.